The van der Waals surface area contributed by atoms with Crippen LogP contribution in [0.25, 0.3) is 5.82 Å². The Morgan fingerprint density at radius 1 is 1.15 bits per heavy atom. The SMILES string of the molecule is CN(C)c1cccc(C2CCc3c(cnn(-c4ccccn4)c3=O)C2)c1. The Labute approximate surface area is 152 Å². The van der Waals surface area contributed by atoms with Gasteiger partial charge in [0.1, 0.15) is 0 Å². The van der Waals surface area contributed by atoms with Crippen molar-refractivity contribution in [1.82, 2.24) is 14.8 Å². The van der Waals surface area contributed by atoms with E-state index in [0.717, 1.165) is 30.4 Å². The van der Waals surface area contributed by atoms with Gasteiger partial charge in [-0.1, -0.05) is 18.2 Å². The van der Waals surface area contributed by atoms with Gasteiger partial charge in [0.25, 0.3) is 5.56 Å². The molecule has 0 amide bonds. The molecule has 0 bridgehead atoms. The summed E-state index contributed by atoms with van der Waals surface area (Å²) < 4.78 is 1.41. The monoisotopic (exact) mass is 346 g/mol. The van der Waals surface area contributed by atoms with Crippen LogP contribution in [0.3, 0.4) is 0 Å². The Morgan fingerprint density at radius 2 is 2.04 bits per heavy atom. The number of anilines is 1. The predicted molar refractivity (Wildman–Crippen MR) is 103 cm³/mol. The van der Waals surface area contributed by atoms with Crippen molar-refractivity contribution < 1.29 is 0 Å². The Kier molecular flexibility index (Phi) is 4.29. The van der Waals surface area contributed by atoms with Gasteiger partial charge in [-0.25, -0.2) is 4.98 Å². The average molecular weight is 346 g/mol. The molecule has 0 spiro atoms. The summed E-state index contributed by atoms with van der Waals surface area (Å²) in [6.45, 7) is 0. The fourth-order valence-corrected chi connectivity index (χ4v) is 3.64. The quantitative estimate of drug-likeness (QED) is 0.732. The Balaban J connectivity index is 1.65. The van der Waals surface area contributed by atoms with E-state index in [2.05, 4.69) is 53.3 Å². The maximum Gasteiger partial charge on any atom is 0.276 e. The minimum atomic E-state index is -0.0401. The van der Waals surface area contributed by atoms with Gasteiger partial charge >= 0.3 is 0 Å². The highest BCUT2D eigenvalue weighted by molar-refractivity contribution is 5.48. The van der Waals surface area contributed by atoms with Crippen molar-refractivity contribution >= 4 is 5.69 Å². The van der Waals surface area contributed by atoms with Crippen LogP contribution in [0.2, 0.25) is 0 Å². The molecular weight excluding hydrogens is 324 g/mol. The third kappa shape index (κ3) is 3.01. The smallest absolute Gasteiger partial charge is 0.276 e. The molecule has 4 rings (SSSR count). The third-order valence-electron chi connectivity index (χ3n) is 5.10. The summed E-state index contributed by atoms with van der Waals surface area (Å²) in [5, 5.41) is 4.37. The molecule has 0 N–H and O–H groups in total. The lowest BCUT2D eigenvalue weighted by Gasteiger charge is -2.25. The maximum absolute atomic E-state index is 12.9. The van der Waals surface area contributed by atoms with Gasteiger partial charge < -0.3 is 4.90 Å². The summed E-state index contributed by atoms with van der Waals surface area (Å²) in [4.78, 5) is 19.2. The summed E-state index contributed by atoms with van der Waals surface area (Å²) in [6, 6.07) is 14.2. The first-order valence-corrected chi connectivity index (χ1v) is 8.92. The molecule has 3 aromatic rings. The number of rotatable bonds is 3. The molecule has 1 aromatic carbocycles. The molecule has 0 fully saturated rings. The second-order valence-corrected chi connectivity index (χ2v) is 6.98. The molecule has 132 valence electrons. The van der Waals surface area contributed by atoms with Crippen LogP contribution in [0, 0.1) is 0 Å². The van der Waals surface area contributed by atoms with E-state index in [-0.39, 0.29) is 5.56 Å². The molecule has 1 atom stereocenters. The molecule has 0 saturated carbocycles. The molecule has 1 aliphatic rings. The van der Waals surface area contributed by atoms with Crippen molar-refractivity contribution in [3.05, 3.63) is 81.9 Å². The molecule has 2 aromatic heterocycles. The zero-order valence-electron chi connectivity index (χ0n) is 15.1. The van der Waals surface area contributed by atoms with E-state index in [1.54, 1.807) is 12.3 Å². The predicted octanol–water partition coefficient (Wildman–Crippen LogP) is 2.97. The van der Waals surface area contributed by atoms with Gasteiger partial charge in [0.05, 0.1) is 6.20 Å². The maximum atomic E-state index is 12.9. The molecule has 1 aliphatic carbocycles. The summed E-state index contributed by atoms with van der Waals surface area (Å²) in [7, 11) is 4.11. The van der Waals surface area contributed by atoms with Crippen molar-refractivity contribution in [2.24, 2.45) is 0 Å². The summed E-state index contributed by atoms with van der Waals surface area (Å²) in [6.07, 6.45) is 6.13. The summed E-state index contributed by atoms with van der Waals surface area (Å²) in [5.41, 5.74) is 4.44. The first-order valence-electron chi connectivity index (χ1n) is 8.92. The number of fused-ring (bicyclic) bond motifs is 1. The van der Waals surface area contributed by atoms with E-state index < -0.39 is 0 Å². The van der Waals surface area contributed by atoms with Crippen LogP contribution >= 0.6 is 0 Å². The largest absolute Gasteiger partial charge is 0.378 e. The van der Waals surface area contributed by atoms with E-state index >= 15 is 0 Å². The molecule has 0 saturated heterocycles. The van der Waals surface area contributed by atoms with Crippen molar-refractivity contribution in [2.45, 2.75) is 25.2 Å². The van der Waals surface area contributed by atoms with Crippen LogP contribution in [0.15, 0.2) is 59.7 Å². The molecule has 5 heteroatoms. The molecule has 5 nitrogen and oxygen atoms in total. The standard InChI is InChI=1S/C21H22N4O/c1-24(2)18-7-5-6-15(13-18)16-9-10-19-17(12-16)14-23-25(21(19)26)20-8-3-4-11-22-20/h3-8,11,13-14,16H,9-10,12H2,1-2H3. The van der Waals surface area contributed by atoms with E-state index in [0.29, 0.717) is 11.7 Å². The van der Waals surface area contributed by atoms with Gasteiger partial charge in [-0.2, -0.15) is 9.78 Å². The van der Waals surface area contributed by atoms with Crippen LogP contribution in [-0.4, -0.2) is 28.9 Å². The van der Waals surface area contributed by atoms with Crippen LogP contribution in [0.1, 0.15) is 29.0 Å². The number of hydrogen-bond acceptors (Lipinski definition) is 4. The first-order chi connectivity index (χ1) is 12.6. The lowest BCUT2D eigenvalue weighted by Crippen LogP contribution is -2.30. The normalized spacial score (nSPS) is 16.2. The van der Waals surface area contributed by atoms with Gasteiger partial charge in [0.2, 0.25) is 0 Å². The lowest BCUT2D eigenvalue weighted by molar-refractivity contribution is 0.567. The van der Waals surface area contributed by atoms with Crippen LogP contribution < -0.4 is 10.5 Å². The fourth-order valence-electron chi connectivity index (χ4n) is 3.64. The molecular formula is C21H22N4O. The second kappa shape index (κ2) is 6.75. The Hall–Kier alpha value is -2.95. The molecule has 1 unspecified atom stereocenters. The summed E-state index contributed by atoms with van der Waals surface area (Å²) in [5.74, 6) is 0.996. The Bertz CT molecular complexity index is 979. The van der Waals surface area contributed by atoms with Crippen molar-refractivity contribution in [3.8, 4) is 5.82 Å². The van der Waals surface area contributed by atoms with Crippen LogP contribution in [0.4, 0.5) is 5.69 Å². The van der Waals surface area contributed by atoms with Gasteiger partial charge in [-0.3, -0.25) is 4.79 Å². The number of aromatic nitrogens is 3. The second-order valence-electron chi connectivity index (χ2n) is 6.98. The zero-order valence-corrected chi connectivity index (χ0v) is 15.1. The van der Waals surface area contributed by atoms with E-state index in [9.17, 15) is 4.79 Å². The van der Waals surface area contributed by atoms with Crippen LogP contribution in [-0.2, 0) is 12.8 Å². The Morgan fingerprint density at radius 3 is 2.81 bits per heavy atom. The third-order valence-corrected chi connectivity index (χ3v) is 5.10. The minimum absolute atomic E-state index is 0.0401. The number of benzene rings is 1. The van der Waals surface area contributed by atoms with Crippen LogP contribution in [0.5, 0.6) is 0 Å². The number of hydrogen-bond donors (Lipinski definition) is 0. The molecule has 26 heavy (non-hydrogen) atoms. The topological polar surface area (TPSA) is 51.0 Å². The highest BCUT2D eigenvalue weighted by Gasteiger charge is 2.24. The summed E-state index contributed by atoms with van der Waals surface area (Å²) >= 11 is 0. The van der Waals surface area contributed by atoms with E-state index in [1.807, 2.05) is 18.3 Å². The number of pyridine rings is 1. The molecule has 2 heterocycles. The fraction of sp³-hybridized carbons (Fsp3) is 0.286. The number of nitrogens with zero attached hydrogens (tertiary/aromatic N) is 4. The minimum Gasteiger partial charge on any atom is -0.378 e. The first kappa shape index (κ1) is 16.5. The van der Waals surface area contributed by atoms with E-state index in [1.165, 1.54) is 15.9 Å². The van der Waals surface area contributed by atoms with E-state index in [4.69, 9.17) is 0 Å². The van der Waals surface area contributed by atoms with Gasteiger partial charge in [0.15, 0.2) is 5.82 Å². The van der Waals surface area contributed by atoms with Crippen molar-refractivity contribution in [2.75, 3.05) is 19.0 Å². The van der Waals surface area contributed by atoms with Gasteiger partial charge in [-0.05, 0) is 60.6 Å². The highest BCUT2D eigenvalue weighted by atomic mass is 16.1. The highest BCUT2D eigenvalue weighted by Crippen LogP contribution is 2.32. The van der Waals surface area contributed by atoms with Gasteiger partial charge in [0, 0.05) is 31.5 Å². The molecule has 0 radical (unpaired) electrons. The lowest BCUT2D eigenvalue weighted by atomic mass is 9.81. The van der Waals surface area contributed by atoms with Gasteiger partial charge in [-0.15, -0.1) is 0 Å². The average Bonchev–Trinajstić information content (AvgIpc) is 2.69. The van der Waals surface area contributed by atoms with Crippen molar-refractivity contribution in [3.63, 3.8) is 0 Å². The molecule has 0 aliphatic heterocycles. The zero-order chi connectivity index (χ0) is 18.1. The van der Waals surface area contributed by atoms with Crippen molar-refractivity contribution in [1.29, 1.82) is 0 Å².